The van der Waals surface area contributed by atoms with E-state index in [1.54, 1.807) is 7.11 Å². The first kappa shape index (κ1) is 13.6. The topological polar surface area (TPSA) is 35.2 Å². The van der Waals surface area contributed by atoms with E-state index in [-0.39, 0.29) is 6.04 Å². The molecule has 0 saturated heterocycles. The lowest BCUT2D eigenvalue weighted by atomic mass is 9.99. The molecule has 1 atom stereocenters. The van der Waals surface area contributed by atoms with Crippen LogP contribution in [0.25, 0.3) is 0 Å². The van der Waals surface area contributed by atoms with Crippen LogP contribution < -0.4 is 10.5 Å². The summed E-state index contributed by atoms with van der Waals surface area (Å²) in [4.78, 5) is 0. The molecule has 0 radical (unpaired) electrons. The van der Waals surface area contributed by atoms with Crippen molar-refractivity contribution in [3.8, 4) is 5.75 Å². The van der Waals surface area contributed by atoms with Crippen molar-refractivity contribution in [3.63, 3.8) is 0 Å². The first-order valence-corrected chi connectivity index (χ1v) is 6.92. The monoisotopic (exact) mass is 373 g/mol. The third kappa shape index (κ3) is 2.96. The summed E-state index contributed by atoms with van der Waals surface area (Å²) in [6, 6.07) is 13.3. The Hall–Kier alpha value is -0.780. The fourth-order valence-corrected chi connectivity index (χ4v) is 2.62. The van der Waals surface area contributed by atoms with Crippen LogP contribution in [0, 0.1) is 3.57 Å². The number of hydrogen-bond acceptors (Lipinski definition) is 2. The summed E-state index contributed by atoms with van der Waals surface area (Å²) in [5.41, 5.74) is 8.32. The molecular weight excluding hydrogens is 361 g/mol. The first-order chi connectivity index (χ1) is 8.61. The van der Waals surface area contributed by atoms with E-state index in [1.807, 2.05) is 42.5 Å². The average molecular weight is 374 g/mol. The summed E-state index contributed by atoms with van der Waals surface area (Å²) >= 11 is 8.29. The Morgan fingerprint density at radius 3 is 2.72 bits per heavy atom. The highest BCUT2D eigenvalue weighted by Gasteiger charge is 2.13. The summed E-state index contributed by atoms with van der Waals surface area (Å²) in [7, 11) is 1.65. The van der Waals surface area contributed by atoms with Gasteiger partial charge in [-0.2, -0.15) is 0 Å². The molecule has 1 unspecified atom stereocenters. The first-order valence-electron chi connectivity index (χ1n) is 5.46. The summed E-state index contributed by atoms with van der Waals surface area (Å²) in [5, 5.41) is 0.698. The molecule has 0 aliphatic rings. The van der Waals surface area contributed by atoms with E-state index in [0.29, 0.717) is 5.02 Å². The Bertz CT molecular complexity index is 559. The maximum absolute atomic E-state index is 6.29. The van der Waals surface area contributed by atoms with Crippen molar-refractivity contribution in [2.45, 2.75) is 6.04 Å². The van der Waals surface area contributed by atoms with Crippen LogP contribution in [0.5, 0.6) is 5.75 Å². The van der Waals surface area contributed by atoms with Crippen LogP contribution in [-0.4, -0.2) is 7.11 Å². The lowest BCUT2D eigenvalue weighted by molar-refractivity contribution is 0.414. The summed E-state index contributed by atoms with van der Waals surface area (Å²) in [6.07, 6.45) is 0. The van der Waals surface area contributed by atoms with Crippen molar-refractivity contribution < 1.29 is 4.74 Å². The van der Waals surface area contributed by atoms with Gasteiger partial charge in [0.2, 0.25) is 0 Å². The molecule has 18 heavy (non-hydrogen) atoms. The molecule has 2 rings (SSSR count). The Kier molecular flexibility index (Phi) is 4.48. The summed E-state index contributed by atoms with van der Waals surface area (Å²) in [5.74, 6) is 0.806. The van der Waals surface area contributed by atoms with E-state index in [0.717, 1.165) is 20.4 Å². The van der Waals surface area contributed by atoms with Gasteiger partial charge in [-0.25, -0.2) is 0 Å². The highest BCUT2D eigenvalue weighted by molar-refractivity contribution is 14.1. The second-order valence-electron chi connectivity index (χ2n) is 3.92. The van der Waals surface area contributed by atoms with E-state index in [2.05, 4.69) is 22.6 Å². The van der Waals surface area contributed by atoms with Gasteiger partial charge in [-0.05, 0) is 64.0 Å². The molecule has 2 aromatic rings. The summed E-state index contributed by atoms with van der Waals surface area (Å²) < 4.78 is 6.32. The van der Waals surface area contributed by atoms with Gasteiger partial charge < -0.3 is 10.5 Å². The van der Waals surface area contributed by atoms with Gasteiger partial charge in [0.1, 0.15) is 5.75 Å². The highest BCUT2D eigenvalue weighted by Crippen LogP contribution is 2.28. The minimum absolute atomic E-state index is 0.203. The SMILES string of the molecule is COc1cccc(C(N)c2cc(Cl)ccc2I)c1. The smallest absolute Gasteiger partial charge is 0.119 e. The summed E-state index contributed by atoms with van der Waals surface area (Å²) in [6.45, 7) is 0. The molecule has 0 aliphatic heterocycles. The van der Waals surface area contributed by atoms with Crippen LogP contribution in [0.2, 0.25) is 5.02 Å². The molecule has 2 aromatic carbocycles. The third-order valence-corrected chi connectivity index (χ3v) is 3.96. The Labute approximate surface area is 125 Å². The van der Waals surface area contributed by atoms with Gasteiger partial charge in [0.25, 0.3) is 0 Å². The van der Waals surface area contributed by atoms with Crippen molar-refractivity contribution >= 4 is 34.2 Å². The molecule has 94 valence electrons. The molecule has 0 heterocycles. The molecule has 0 aromatic heterocycles. The van der Waals surface area contributed by atoms with Crippen molar-refractivity contribution in [2.24, 2.45) is 5.73 Å². The van der Waals surface area contributed by atoms with Crippen molar-refractivity contribution in [3.05, 3.63) is 62.2 Å². The molecule has 0 saturated carbocycles. The zero-order valence-corrected chi connectivity index (χ0v) is 12.8. The van der Waals surface area contributed by atoms with Gasteiger partial charge >= 0.3 is 0 Å². The Balaban J connectivity index is 2.40. The van der Waals surface area contributed by atoms with Gasteiger partial charge in [0.05, 0.1) is 13.2 Å². The van der Waals surface area contributed by atoms with E-state index in [1.165, 1.54) is 0 Å². The largest absolute Gasteiger partial charge is 0.497 e. The Morgan fingerprint density at radius 2 is 2.00 bits per heavy atom. The van der Waals surface area contributed by atoms with E-state index in [9.17, 15) is 0 Å². The van der Waals surface area contributed by atoms with Crippen LogP contribution in [0.3, 0.4) is 0 Å². The molecule has 0 spiro atoms. The Morgan fingerprint density at radius 1 is 1.22 bits per heavy atom. The number of hydrogen-bond donors (Lipinski definition) is 1. The van der Waals surface area contributed by atoms with Gasteiger partial charge in [-0.1, -0.05) is 23.7 Å². The molecule has 2 N–H and O–H groups in total. The predicted octanol–water partition coefficient (Wildman–Crippen LogP) is 4.00. The number of nitrogens with two attached hydrogens (primary N) is 1. The lowest BCUT2D eigenvalue weighted by Gasteiger charge is -2.15. The fourth-order valence-electron chi connectivity index (χ4n) is 1.77. The number of halogens is 2. The molecule has 4 heteroatoms. The highest BCUT2D eigenvalue weighted by atomic mass is 127. The zero-order valence-electron chi connectivity index (χ0n) is 9.86. The number of methoxy groups -OCH3 is 1. The van der Waals surface area contributed by atoms with E-state index in [4.69, 9.17) is 22.1 Å². The minimum atomic E-state index is -0.203. The van der Waals surface area contributed by atoms with Gasteiger partial charge in [0.15, 0.2) is 0 Å². The lowest BCUT2D eigenvalue weighted by Crippen LogP contribution is -2.13. The number of ether oxygens (including phenoxy) is 1. The molecule has 0 bridgehead atoms. The van der Waals surface area contributed by atoms with Crippen LogP contribution in [0.15, 0.2) is 42.5 Å². The van der Waals surface area contributed by atoms with Crippen LogP contribution in [0.4, 0.5) is 0 Å². The van der Waals surface area contributed by atoms with Crippen LogP contribution in [-0.2, 0) is 0 Å². The second-order valence-corrected chi connectivity index (χ2v) is 5.52. The normalized spacial score (nSPS) is 12.2. The molecule has 2 nitrogen and oxygen atoms in total. The van der Waals surface area contributed by atoms with Crippen LogP contribution >= 0.6 is 34.2 Å². The third-order valence-electron chi connectivity index (χ3n) is 2.75. The van der Waals surface area contributed by atoms with Crippen molar-refractivity contribution in [1.82, 2.24) is 0 Å². The second kappa shape index (κ2) is 5.91. The molecule has 0 fully saturated rings. The van der Waals surface area contributed by atoms with Gasteiger partial charge in [-0.15, -0.1) is 0 Å². The van der Waals surface area contributed by atoms with Gasteiger partial charge in [-0.3, -0.25) is 0 Å². The fraction of sp³-hybridized carbons (Fsp3) is 0.143. The minimum Gasteiger partial charge on any atom is -0.497 e. The maximum Gasteiger partial charge on any atom is 0.119 e. The average Bonchev–Trinajstić information content (AvgIpc) is 2.41. The van der Waals surface area contributed by atoms with E-state index >= 15 is 0 Å². The van der Waals surface area contributed by atoms with Gasteiger partial charge in [0, 0.05) is 8.59 Å². The quantitative estimate of drug-likeness (QED) is 0.825. The molecular formula is C14H13ClINO. The zero-order chi connectivity index (χ0) is 13.1. The van der Waals surface area contributed by atoms with E-state index < -0.39 is 0 Å². The number of benzene rings is 2. The van der Waals surface area contributed by atoms with Crippen molar-refractivity contribution in [2.75, 3.05) is 7.11 Å². The molecule has 0 amide bonds. The van der Waals surface area contributed by atoms with Crippen LogP contribution in [0.1, 0.15) is 17.2 Å². The van der Waals surface area contributed by atoms with Crippen molar-refractivity contribution in [1.29, 1.82) is 0 Å². The maximum atomic E-state index is 6.29. The predicted molar refractivity (Wildman–Crippen MR) is 83.2 cm³/mol. The molecule has 0 aliphatic carbocycles. The number of rotatable bonds is 3. The standard InChI is InChI=1S/C14H13ClINO/c1-18-11-4-2-3-9(7-11)14(17)12-8-10(15)5-6-13(12)16/h2-8,14H,17H2,1H3.